The van der Waals surface area contributed by atoms with Crippen LogP contribution in [-0.2, 0) is 0 Å². The summed E-state index contributed by atoms with van der Waals surface area (Å²) in [6.45, 7) is 0. The van der Waals surface area contributed by atoms with E-state index in [1.807, 2.05) is 72.8 Å². The minimum absolute atomic E-state index is 0.0288. The van der Waals surface area contributed by atoms with E-state index in [-0.39, 0.29) is 23.0 Å². The van der Waals surface area contributed by atoms with E-state index in [2.05, 4.69) is 0 Å². The Morgan fingerprint density at radius 1 is 0.327 bits per heavy atom. The van der Waals surface area contributed by atoms with E-state index >= 15 is 0 Å². The molecule has 0 heterocycles. The van der Waals surface area contributed by atoms with Crippen molar-refractivity contribution in [3.63, 3.8) is 0 Å². The van der Waals surface area contributed by atoms with Gasteiger partial charge in [-0.25, -0.2) is 0 Å². The van der Waals surface area contributed by atoms with Crippen LogP contribution < -0.4 is 14.2 Å². The summed E-state index contributed by atoms with van der Waals surface area (Å²) in [4.78, 5) is 31.5. The predicted octanol–water partition coefficient (Wildman–Crippen LogP) is 9.97. The average molecular weight is 656 g/mol. The molecule has 0 spiro atoms. The molecule has 0 N–H and O–H groups in total. The maximum Gasteiger partial charge on any atom is 0.269 e. The van der Waals surface area contributed by atoms with Crippen LogP contribution in [0.4, 0.5) is 17.1 Å². The lowest BCUT2D eigenvalue weighted by Gasteiger charge is -2.20. The number of nitro benzene ring substituents is 3. The van der Waals surface area contributed by atoms with Gasteiger partial charge in [0.2, 0.25) is 0 Å². The highest BCUT2D eigenvalue weighted by Crippen LogP contribution is 2.36. The second-order valence-corrected chi connectivity index (χ2v) is 10.7. The van der Waals surface area contributed by atoms with E-state index in [9.17, 15) is 30.3 Å². The maximum atomic E-state index is 11.0. The number of nitrogens with zero attached hydrogens (tertiary/aromatic N) is 3. The quantitative estimate of drug-likeness (QED) is 0.0710. The molecule has 0 amide bonds. The molecule has 242 valence electrons. The Morgan fingerprint density at radius 2 is 0.510 bits per heavy atom. The van der Waals surface area contributed by atoms with E-state index in [1.165, 1.54) is 72.8 Å². The van der Waals surface area contributed by atoms with Crippen molar-refractivity contribution in [1.82, 2.24) is 0 Å². The molecule has 0 aromatic heterocycles. The first-order valence-electron chi connectivity index (χ1n) is 14.8. The van der Waals surface area contributed by atoms with Gasteiger partial charge in [0.15, 0.2) is 0 Å². The molecule has 12 nitrogen and oxygen atoms in total. The summed E-state index contributed by atoms with van der Waals surface area (Å²) in [7, 11) is 0. The van der Waals surface area contributed by atoms with Gasteiger partial charge in [-0.1, -0.05) is 36.4 Å². The SMILES string of the molecule is O=[N+]([O-])c1ccc(Oc2ccc(C(c3ccc(Oc4ccc([N+](=O)[O-])cc4)cc3)c3ccc(Oc4ccc([N+](=O)[O-])cc4)cc3)cc2)cc1. The topological polar surface area (TPSA) is 157 Å². The van der Waals surface area contributed by atoms with Crippen LogP contribution in [0.5, 0.6) is 34.5 Å². The number of benzene rings is 6. The van der Waals surface area contributed by atoms with E-state index in [0.29, 0.717) is 34.5 Å². The second kappa shape index (κ2) is 14.1. The Bertz CT molecular complexity index is 1840. The Labute approximate surface area is 278 Å². The molecule has 0 unspecified atom stereocenters. The molecule has 0 aliphatic rings. The number of hydrogen-bond donors (Lipinski definition) is 0. The van der Waals surface area contributed by atoms with Gasteiger partial charge in [-0.3, -0.25) is 30.3 Å². The molecule has 12 heteroatoms. The van der Waals surface area contributed by atoms with Gasteiger partial charge >= 0.3 is 0 Å². The van der Waals surface area contributed by atoms with Crippen molar-refractivity contribution in [3.8, 4) is 34.5 Å². The van der Waals surface area contributed by atoms with Gasteiger partial charge in [-0.05, 0) is 89.5 Å². The number of hydrogen-bond acceptors (Lipinski definition) is 9. The third-order valence-corrected chi connectivity index (χ3v) is 7.49. The van der Waals surface area contributed by atoms with Gasteiger partial charge in [-0.15, -0.1) is 0 Å². The third kappa shape index (κ3) is 7.84. The number of non-ortho nitro benzene ring substituents is 3. The van der Waals surface area contributed by atoms with Crippen LogP contribution in [0.2, 0.25) is 0 Å². The highest BCUT2D eigenvalue weighted by atomic mass is 16.6. The molecule has 49 heavy (non-hydrogen) atoms. The molecule has 0 bridgehead atoms. The molecule has 0 aliphatic carbocycles. The van der Waals surface area contributed by atoms with Crippen molar-refractivity contribution in [2.24, 2.45) is 0 Å². The van der Waals surface area contributed by atoms with Crippen LogP contribution in [-0.4, -0.2) is 14.8 Å². The monoisotopic (exact) mass is 655 g/mol. The Morgan fingerprint density at radius 3 is 0.694 bits per heavy atom. The molecular formula is C37H25N3O9. The first kappa shape index (κ1) is 31.9. The third-order valence-electron chi connectivity index (χ3n) is 7.49. The van der Waals surface area contributed by atoms with Gasteiger partial charge < -0.3 is 14.2 Å². The van der Waals surface area contributed by atoms with Crippen molar-refractivity contribution < 1.29 is 29.0 Å². The molecule has 0 radical (unpaired) electrons. The fourth-order valence-corrected chi connectivity index (χ4v) is 5.08. The molecule has 0 saturated carbocycles. The minimum atomic E-state index is -0.471. The van der Waals surface area contributed by atoms with Gasteiger partial charge in [0, 0.05) is 42.3 Å². The summed E-state index contributed by atoms with van der Waals surface area (Å²) in [6.07, 6.45) is 0. The molecule has 0 atom stereocenters. The van der Waals surface area contributed by atoms with Crippen molar-refractivity contribution >= 4 is 17.1 Å². The number of ether oxygens (including phenoxy) is 3. The van der Waals surface area contributed by atoms with Crippen molar-refractivity contribution in [2.45, 2.75) is 5.92 Å². The van der Waals surface area contributed by atoms with Gasteiger partial charge in [0.1, 0.15) is 34.5 Å². The fraction of sp³-hybridized carbons (Fsp3) is 0.0270. The van der Waals surface area contributed by atoms with E-state index in [0.717, 1.165) is 16.7 Å². The molecule has 0 saturated heterocycles. The summed E-state index contributed by atoms with van der Waals surface area (Å²) in [5, 5.41) is 32.9. The number of nitro groups is 3. The highest BCUT2D eigenvalue weighted by Gasteiger charge is 2.18. The Balaban J connectivity index is 1.25. The van der Waals surface area contributed by atoms with Gasteiger partial charge in [-0.2, -0.15) is 0 Å². The Kier molecular flexibility index (Phi) is 9.20. The molecule has 0 fully saturated rings. The number of rotatable bonds is 12. The van der Waals surface area contributed by atoms with Crippen LogP contribution in [0.3, 0.4) is 0 Å². The summed E-state index contributed by atoms with van der Waals surface area (Å²) < 4.78 is 17.7. The van der Waals surface area contributed by atoms with E-state index < -0.39 is 14.8 Å². The maximum absolute atomic E-state index is 11.0. The smallest absolute Gasteiger partial charge is 0.269 e. The average Bonchev–Trinajstić information content (AvgIpc) is 3.11. The largest absolute Gasteiger partial charge is 0.457 e. The molecule has 6 rings (SSSR count). The predicted molar refractivity (Wildman–Crippen MR) is 180 cm³/mol. The van der Waals surface area contributed by atoms with Crippen molar-refractivity contribution in [2.75, 3.05) is 0 Å². The zero-order valence-electron chi connectivity index (χ0n) is 25.4. The molecule has 6 aromatic rings. The van der Waals surface area contributed by atoms with Crippen molar-refractivity contribution in [1.29, 1.82) is 0 Å². The Hall–Kier alpha value is -7.08. The lowest BCUT2D eigenvalue weighted by Crippen LogP contribution is -2.03. The molecule has 0 aliphatic heterocycles. The van der Waals surface area contributed by atoms with E-state index in [4.69, 9.17) is 14.2 Å². The summed E-state index contributed by atoms with van der Waals surface area (Å²) >= 11 is 0. The summed E-state index contributed by atoms with van der Waals surface area (Å²) in [6, 6.07) is 40.1. The molecule has 6 aromatic carbocycles. The van der Waals surface area contributed by atoms with Gasteiger partial charge in [0.25, 0.3) is 17.1 Å². The molecular weight excluding hydrogens is 630 g/mol. The van der Waals surface area contributed by atoms with Crippen LogP contribution in [0.1, 0.15) is 22.6 Å². The second-order valence-electron chi connectivity index (χ2n) is 10.7. The van der Waals surface area contributed by atoms with Crippen LogP contribution in [0.15, 0.2) is 146 Å². The zero-order chi connectivity index (χ0) is 34.3. The summed E-state index contributed by atoms with van der Waals surface area (Å²) in [5.74, 6) is 2.81. The normalized spacial score (nSPS) is 10.7. The van der Waals surface area contributed by atoms with Gasteiger partial charge in [0.05, 0.1) is 14.8 Å². The summed E-state index contributed by atoms with van der Waals surface area (Å²) in [5.41, 5.74) is 2.76. The standard InChI is InChI=1S/C37H25N3O9/c41-38(42)28-7-19-34(20-8-28)47-31-13-1-25(2-14-31)37(26-3-15-32(16-4-26)48-35-21-9-29(10-22-35)39(43)44)27-5-17-33(18-6-27)49-36-23-11-30(12-24-36)40(45)46/h1-24,37H. The lowest BCUT2D eigenvalue weighted by atomic mass is 9.85. The van der Waals surface area contributed by atoms with Crippen LogP contribution in [0.25, 0.3) is 0 Å². The fourth-order valence-electron chi connectivity index (χ4n) is 5.08. The minimum Gasteiger partial charge on any atom is -0.457 e. The highest BCUT2D eigenvalue weighted by molar-refractivity contribution is 5.49. The van der Waals surface area contributed by atoms with Crippen LogP contribution >= 0.6 is 0 Å². The van der Waals surface area contributed by atoms with Crippen LogP contribution in [0, 0.1) is 30.3 Å². The lowest BCUT2D eigenvalue weighted by molar-refractivity contribution is -0.385. The zero-order valence-corrected chi connectivity index (χ0v) is 25.4. The first-order valence-corrected chi connectivity index (χ1v) is 14.8. The first-order chi connectivity index (χ1) is 23.7. The van der Waals surface area contributed by atoms with E-state index in [1.54, 1.807) is 0 Å². The van der Waals surface area contributed by atoms with Crippen molar-refractivity contribution in [3.05, 3.63) is 193 Å².